The summed E-state index contributed by atoms with van der Waals surface area (Å²) >= 11 is 0. The number of hydrogen-bond acceptors (Lipinski definition) is 3. The molecule has 112 valence electrons. The Balaban J connectivity index is 2.76. The van der Waals surface area contributed by atoms with Crippen molar-refractivity contribution in [1.82, 2.24) is 5.32 Å². The highest BCUT2D eigenvalue weighted by molar-refractivity contribution is 5.91. The van der Waals surface area contributed by atoms with Gasteiger partial charge in [-0.25, -0.2) is 9.18 Å². The summed E-state index contributed by atoms with van der Waals surface area (Å²) in [7, 11) is 1.40. The van der Waals surface area contributed by atoms with Gasteiger partial charge >= 0.3 is 6.03 Å². The lowest BCUT2D eigenvalue weighted by Crippen LogP contribution is -2.48. The van der Waals surface area contributed by atoms with E-state index in [2.05, 4.69) is 10.6 Å². The van der Waals surface area contributed by atoms with Gasteiger partial charge in [0.25, 0.3) is 0 Å². The first kappa shape index (κ1) is 16.2. The van der Waals surface area contributed by atoms with Crippen LogP contribution in [-0.2, 0) is 0 Å². The number of carbonyl (C=O) groups is 1. The molecule has 20 heavy (non-hydrogen) atoms. The Hall–Kier alpha value is -1.82. The molecule has 6 heteroatoms. The fraction of sp³-hybridized carbons (Fsp3) is 0.500. The Kier molecular flexibility index (Phi) is 5.76. The molecule has 3 N–H and O–H groups in total. The van der Waals surface area contributed by atoms with Crippen molar-refractivity contribution in [3.8, 4) is 5.75 Å². The van der Waals surface area contributed by atoms with Crippen molar-refractivity contribution in [3.05, 3.63) is 24.0 Å². The maximum absolute atomic E-state index is 13.1. The minimum atomic E-state index is -0.494. The Bertz CT molecular complexity index is 468. The summed E-state index contributed by atoms with van der Waals surface area (Å²) in [5, 5.41) is 14.4. The highest BCUT2D eigenvalue weighted by Crippen LogP contribution is 2.25. The van der Waals surface area contributed by atoms with Gasteiger partial charge in [0.2, 0.25) is 0 Å². The van der Waals surface area contributed by atoms with Crippen LogP contribution in [0.2, 0.25) is 0 Å². The van der Waals surface area contributed by atoms with Gasteiger partial charge in [0.1, 0.15) is 11.6 Å². The second-order valence-electron chi connectivity index (χ2n) is 4.81. The van der Waals surface area contributed by atoms with E-state index in [1.807, 2.05) is 13.8 Å². The predicted octanol–water partition coefficient (Wildman–Crippen LogP) is 2.51. The first-order valence-electron chi connectivity index (χ1n) is 6.47. The molecule has 0 saturated heterocycles. The molecule has 0 fully saturated rings. The van der Waals surface area contributed by atoms with Crippen LogP contribution in [0.1, 0.15) is 26.7 Å². The normalized spacial score (nSPS) is 13.4. The van der Waals surface area contributed by atoms with Gasteiger partial charge < -0.3 is 20.5 Å². The van der Waals surface area contributed by atoms with Gasteiger partial charge in [-0.1, -0.05) is 6.92 Å². The van der Waals surface area contributed by atoms with E-state index < -0.39 is 17.4 Å². The molecule has 5 nitrogen and oxygen atoms in total. The number of anilines is 1. The summed E-state index contributed by atoms with van der Waals surface area (Å²) < 4.78 is 18.1. The zero-order valence-corrected chi connectivity index (χ0v) is 12.0. The number of urea groups is 1. The number of halogens is 1. The zero-order chi connectivity index (χ0) is 15.2. The SMILES string of the molecule is CCC(C)(CCO)NC(=O)Nc1ccc(F)cc1OC. The number of methoxy groups -OCH3 is 1. The largest absolute Gasteiger partial charge is 0.494 e. The lowest BCUT2D eigenvalue weighted by molar-refractivity contribution is 0.208. The van der Waals surface area contributed by atoms with Crippen LogP contribution in [0.3, 0.4) is 0 Å². The molecule has 0 aliphatic carbocycles. The fourth-order valence-corrected chi connectivity index (χ4v) is 1.77. The lowest BCUT2D eigenvalue weighted by Gasteiger charge is -2.29. The molecule has 0 aliphatic heterocycles. The lowest BCUT2D eigenvalue weighted by atomic mass is 9.95. The average molecular weight is 284 g/mol. The molecule has 1 rings (SSSR count). The van der Waals surface area contributed by atoms with E-state index in [9.17, 15) is 9.18 Å². The monoisotopic (exact) mass is 284 g/mol. The number of carbonyl (C=O) groups excluding carboxylic acids is 1. The van der Waals surface area contributed by atoms with Gasteiger partial charge in [-0.2, -0.15) is 0 Å². The van der Waals surface area contributed by atoms with Crippen molar-refractivity contribution in [2.45, 2.75) is 32.2 Å². The van der Waals surface area contributed by atoms with Gasteiger partial charge in [0.05, 0.1) is 12.8 Å². The smallest absolute Gasteiger partial charge is 0.319 e. The van der Waals surface area contributed by atoms with Crippen molar-refractivity contribution in [1.29, 1.82) is 0 Å². The van der Waals surface area contributed by atoms with Crippen LogP contribution in [0.5, 0.6) is 5.75 Å². The van der Waals surface area contributed by atoms with E-state index in [0.717, 1.165) is 0 Å². The molecular weight excluding hydrogens is 263 g/mol. The number of nitrogens with one attached hydrogen (secondary N) is 2. The highest BCUT2D eigenvalue weighted by atomic mass is 19.1. The first-order valence-corrected chi connectivity index (χ1v) is 6.47. The standard InChI is InChI=1S/C14H21FN2O3/c1-4-14(2,7-8-18)17-13(19)16-11-6-5-10(15)9-12(11)20-3/h5-6,9,18H,4,7-8H2,1-3H3,(H2,16,17,19). The van der Waals surface area contributed by atoms with Gasteiger partial charge in [-0.05, 0) is 31.9 Å². The van der Waals surface area contributed by atoms with Crippen molar-refractivity contribution in [3.63, 3.8) is 0 Å². The Morgan fingerprint density at radius 1 is 1.50 bits per heavy atom. The van der Waals surface area contributed by atoms with Crippen molar-refractivity contribution in [2.75, 3.05) is 19.0 Å². The number of aliphatic hydroxyl groups excluding tert-OH is 1. The average Bonchev–Trinajstić information content (AvgIpc) is 2.40. The summed E-state index contributed by atoms with van der Waals surface area (Å²) in [4.78, 5) is 12.0. The third kappa shape index (κ3) is 4.38. The van der Waals surface area contributed by atoms with Crippen LogP contribution in [0.4, 0.5) is 14.9 Å². The quantitative estimate of drug-likeness (QED) is 0.751. The van der Waals surface area contributed by atoms with Crippen LogP contribution < -0.4 is 15.4 Å². The minimum Gasteiger partial charge on any atom is -0.494 e. The highest BCUT2D eigenvalue weighted by Gasteiger charge is 2.24. The summed E-state index contributed by atoms with van der Waals surface area (Å²) in [5.41, 5.74) is -0.111. The molecule has 1 aromatic carbocycles. The van der Waals surface area contributed by atoms with Crippen molar-refractivity contribution < 1.29 is 19.0 Å². The molecule has 0 radical (unpaired) electrons. The van der Waals surface area contributed by atoms with E-state index >= 15 is 0 Å². The van der Waals surface area contributed by atoms with Crippen LogP contribution in [0, 0.1) is 5.82 Å². The fourth-order valence-electron chi connectivity index (χ4n) is 1.77. The van der Waals surface area contributed by atoms with Gasteiger partial charge in [-0.3, -0.25) is 0 Å². The Labute approximate surface area is 118 Å². The second-order valence-corrected chi connectivity index (χ2v) is 4.81. The molecule has 0 spiro atoms. The van der Waals surface area contributed by atoms with E-state index in [1.54, 1.807) is 0 Å². The number of hydrogen-bond donors (Lipinski definition) is 3. The molecule has 0 aliphatic rings. The number of benzene rings is 1. The number of rotatable bonds is 6. The number of ether oxygens (including phenoxy) is 1. The van der Waals surface area contributed by atoms with E-state index in [1.165, 1.54) is 25.3 Å². The van der Waals surface area contributed by atoms with Crippen LogP contribution in [0.25, 0.3) is 0 Å². The van der Waals surface area contributed by atoms with E-state index in [4.69, 9.17) is 9.84 Å². The number of aliphatic hydroxyl groups is 1. The Morgan fingerprint density at radius 3 is 2.75 bits per heavy atom. The summed E-state index contributed by atoms with van der Waals surface area (Å²) in [6.07, 6.45) is 1.14. The predicted molar refractivity (Wildman–Crippen MR) is 75.5 cm³/mol. The molecule has 1 atom stereocenters. The van der Waals surface area contributed by atoms with Crippen LogP contribution in [0.15, 0.2) is 18.2 Å². The maximum Gasteiger partial charge on any atom is 0.319 e. The molecule has 0 saturated carbocycles. The summed E-state index contributed by atoms with van der Waals surface area (Å²) in [5.74, 6) is -0.188. The van der Waals surface area contributed by atoms with Crippen LogP contribution >= 0.6 is 0 Å². The van der Waals surface area contributed by atoms with E-state index in [0.29, 0.717) is 18.5 Å². The van der Waals surface area contributed by atoms with E-state index in [-0.39, 0.29) is 12.4 Å². The molecular formula is C14H21FN2O3. The van der Waals surface area contributed by atoms with Gasteiger partial charge in [0, 0.05) is 18.2 Å². The third-order valence-electron chi connectivity index (χ3n) is 3.27. The van der Waals surface area contributed by atoms with Crippen LogP contribution in [-0.4, -0.2) is 30.4 Å². The summed E-state index contributed by atoms with van der Waals surface area (Å²) in [6.45, 7) is 3.77. The molecule has 2 amide bonds. The molecule has 0 heterocycles. The topological polar surface area (TPSA) is 70.6 Å². The third-order valence-corrected chi connectivity index (χ3v) is 3.27. The summed E-state index contributed by atoms with van der Waals surface area (Å²) in [6, 6.07) is 3.45. The van der Waals surface area contributed by atoms with Crippen molar-refractivity contribution in [2.24, 2.45) is 0 Å². The Morgan fingerprint density at radius 2 is 2.20 bits per heavy atom. The maximum atomic E-state index is 13.1. The van der Waals surface area contributed by atoms with Crippen molar-refractivity contribution >= 4 is 11.7 Å². The minimum absolute atomic E-state index is 0.00944. The zero-order valence-electron chi connectivity index (χ0n) is 12.0. The molecule has 1 aromatic rings. The molecule has 0 aromatic heterocycles. The first-order chi connectivity index (χ1) is 9.44. The van der Waals surface area contributed by atoms with Gasteiger partial charge in [-0.15, -0.1) is 0 Å². The molecule has 0 bridgehead atoms. The van der Waals surface area contributed by atoms with Gasteiger partial charge in [0.15, 0.2) is 0 Å². The second kappa shape index (κ2) is 7.09. The number of amides is 2. The molecule has 1 unspecified atom stereocenters.